The van der Waals surface area contributed by atoms with Gasteiger partial charge in [0.15, 0.2) is 10.7 Å². The van der Waals surface area contributed by atoms with E-state index >= 15 is 0 Å². The minimum atomic E-state index is -0.719. The van der Waals surface area contributed by atoms with Crippen LogP contribution in [0, 0.1) is 12.7 Å². The summed E-state index contributed by atoms with van der Waals surface area (Å²) in [6.45, 7) is 2.04. The van der Waals surface area contributed by atoms with Crippen LogP contribution in [0.4, 0.5) is 4.39 Å². The van der Waals surface area contributed by atoms with Crippen LogP contribution in [0.2, 0.25) is 0 Å². The molecule has 0 radical (unpaired) electrons. The highest BCUT2D eigenvalue weighted by atomic mass is 32.2. The van der Waals surface area contributed by atoms with Crippen molar-refractivity contribution in [1.29, 1.82) is 0 Å². The van der Waals surface area contributed by atoms with Gasteiger partial charge in [-0.2, -0.15) is 0 Å². The number of benzene rings is 1. The lowest BCUT2D eigenvalue weighted by Crippen LogP contribution is -2.14. The molecule has 3 rings (SSSR count). The van der Waals surface area contributed by atoms with Crippen LogP contribution in [0.3, 0.4) is 0 Å². The van der Waals surface area contributed by atoms with E-state index < -0.39 is 5.76 Å². The van der Waals surface area contributed by atoms with E-state index in [-0.39, 0.29) is 17.3 Å². The molecule has 0 amide bonds. The molecule has 0 fully saturated rings. The Hall–Kier alpha value is -2.46. The number of aromatic nitrogens is 4. The SMILES string of the molecule is Cc1cc(-n2c(-c3nonc3SCCN)noc2=O)ccc1F. The van der Waals surface area contributed by atoms with E-state index in [0.717, 1.165) is 0 Å². The Morgan fingerprint density at radius 1 is 1.35 bits per heavy atom. The van der Waals surface area contributed by atoms with Crippen LogP contribution in [-0.4, -0.2) is 32.3 Å². The Bertz CT molecular complexity index is 888. The van der Waals surface area contributed by atoms with Crippen LogP contribution in [0.5, 0.6) is 0 Å². The van der Waals surface area contributed by atoms with Gasteiger partial charge in [0, 0.05) is 12.3 Å². The van der Waals surface area contributed by atoms with Crippen molar-refractivity contribution in [2.45, 2.75) is 11.9 Å². The van der Waals surface area contributed by atoms with Crippen LogP contribution in [0.25, 0.3) is 17.2 Å². The molecule has 0 unspecified atom stereocenters. The molecule has 10 heteroatoms. The number of nitrogens with two attached hydrogens (primary N) is 1. The summed E-state index contributed by atoms with van der Waals surface area (Å²) < 4.78 is 24.1. The van der Waals surface area contributed by atoms with Gasteiger partial charge in [-0.05, 0) is 41.0 Å². The van der Waals surface area contributed by atoms with Gasteiger partial charge >= 0.3 is 5.76 Å². The highest BCUT2D eigenvalue weighted by Gasteiger charge is 2.23. The van der Waals surface area contributed by atoms with Crippen molar-refractivity contribution in [3.8, 4) is 17.2 Å². The lowest BCUT2D eigenvalue weighted by molar-refractivity contribution is 0.299. The van der Waals surface area contributed by atoms with E-state index in [4.69, 9.17) is 14.9 Å². The molecule has 3 aromatic rings. The summed E-state index contributed by atoms with van der Waals surface area (Å²) >= 11 is 1.32. The van der Waals surface area contributed by atoms with Crippen molar-refractivity contribution >= 4 is 11.8 Å². The number of aryl methyl sites for hydroxylation is 1. The summed E-state index contributed by atoms with van der Waals surface area (Å²) in [7, 11) is 0. The van der Waals surface area contributed by atoms with Crippen molar-refractivity contribution in [2.24, 2.45) is 5.73 Å². The summed E-state index contributed by atoms with van der Waals surface area (Å²) in [6, 6.07) is 4.22. The number of hydrogen-bond donors (Lipinski definition) is 1. The van der Waals surface area contributed by atoms with Gasteiger partial charge in [-0.15, -0.1) is 0 Å². The first-order valence-electron chi connectivity index (χ1n) is 6.63. The molecule has 120 valence electrons. The second kappa shape index (κ2) is 6.34. The third-order valence-corrected chi connectivity index (χ3v) is 4.01. The first kappa shape index (κ1) is 15.4. The van der Waals surface area contributed by atoms with Gasteiger partial charge in [-0.3, -0.25) is 4.52 Å². The van der Waals surface area contributed by atoms with E-state index in [2.05, 4.69) is 15.5 Å². The molecular formula is C13H12FN5O3S. The third-order valence-electron chi connectivity index (χ3n) is 3.03. The molecule has 0 bridgehead atoms. The van der Waals surface area contributed by atoms with Crippen molar-refractivity contribution in [1.82, 2.24) is 20.0 Å². The van der Waals surface area contributed by atoms with E-state index in [1.807, 2.05) is 0 Å². The molecule has 8 nitrogen and oxygen atoms in total. The van der Waals surface area contributed by atoms with Crippen LogP contribution in [-0.2, 0) is 0 Å². The van der Waals surface area contributed by atoms with Gasteiger partial charge in [0.1, 0.15) is 5.82 Å². The Morgan fingerprint density at radius 2 is 2.17 bits per heavy atom. The Morgan fingerprint density at radius 3 is 2.91 bits per heavy atom. The van der Waals surface area contributed by atoms with Crippen LogP contribution in [0.1, 0.15) is 5.56 Å². The number of hydrogen-bond acceptors (Lipinski definition) is 8. The molecule has 2 N–H and O–H groups in total. The molecule has 2 aromatic heterocycles. The van der Waals surface area contributed by atoms with E-state index in [0.29, 0.717) is 28.6 Å². The highest BCUT2D eigenvalue weighted by Crippen LogP contribution is 2.27. The predicted octanol–water partition coefficient (Wildman–Crippen LogP) is 1.37. The zero-order valence-corrected chi connectivity index (χ0v) is 12.8. The highest BCUT2D eigenvalue weighted by molar-refractivity contribution is 7.99. The van der Waals surface area contributed by atoms with E-state index in [9.17, 15) is 9.18 Å². The Labute approximate surface area is 133 Å². The zero-order chi connectivity index (χ0) is 16.4. The first-order valence-corrected chi connectivity index (χ1v) is 7.61. The molecule has 0 saturated heterocycles. The average molecular weight is 337 g/mol. The molecule has 0 aliphatic rings. The predicted molar refractivity (Wildman–Crippen MR) is 79.9 cm³/mol. The summed E-state index contributed by atoms with van der Waals surface area (Å²) in [5, 5.41) is 11.7. The quantitative estimate of drug-likeness (QED) is 0.695. The number of rotatable bonds is 5. The monoisotopic (exact) mass is 337 g/mol. The summed E-state index contributed by atoms with van der Waals surface area (Å²) in [6.07, 6.45) is 0. The lowest BCUT2D eigenvalue weighted by atomic mass is 10.2. The maximum absolute atomic E-state index is 13.4. The fourth-order valence-corrected chi connectivity index (χ4v) is 2.63. The number of thioether (sulfide) groups is 1. The van der Waals surface area contributed by atoms with Gasteiger partial charge in [0.2, 0.25) is 5.82 Å². The second-order valence-electron chi connectivity index (χ2n) is 4.60. The van der Waals surface area contributed by atoms with Crippen molar-refractivity contribution in [3.05, 3.63) is 40.1 Å². The molecular weight excluding hydrogens is 325 g/mol. The van der Waals surface area contributed by atoms with Gasteiger partial charge < -0.3 is 5.73 Å². The molecule has 0 spiro atoms. The van der Waals surface area contributed by atoms with E-state index in [1.165, 1.54) is 34.5 Å². The maximum atomic E-state index is 13.4. The van der Waals surface area contributed by atoms with Gasteiger partial charge in [-0.1, -0.05) is 16.9 Å². The number of halogens is 1. The van der Waals surface area contributed by atoms with Crippen LogP contribution < -0.4 is 11.5 Å². The third kappa shape index (κ3) is 2.90. The molecule has 0 atom stereocenters. The Kier molecular flexibility index (Phi) is 4.26. The molecule has 23 heavy (non-hydrogen) atoms. The average Bonchev–Trinajstić information content (AvgIpc) is 3.14. The van der Waals surface area contributed by atoms with Crippen molar-refractivity contribution in [3.63, 3.8) is 0 Å². The largest absolute Gasteiger partial charge is 0.446 e. The van der Waals surface area contributed by atoms with Crippen LogP contribution >= 0.6 is 11.8 Å². The lowest BCUT2D eigenvalue weighted by Gasteiger charge is -2.05. The molecule has 1 aromatic carbocycles. The smallest absolute Gasteiger partial charge is 0.330 e. The first-order chi connectivity index (χ1) is 11.1. The van der Waals surface area contributed by atoms with Gasteiger partial charge in [0.05, 0.1) is 5.69 Å². The minimum Gasteiger partial charge on any atom is -0.330 e. The Balaban J connectivity index is 2.11. The summed E-state index contributed by atoms with van der Waals surface area (Å²) in [4.78, 5) is 12.0. The van der Waals surface area contributed by atoms with E-state index in [1.54, 1.807) is 6.92 Å². The zero-order valence-electron chi connectivity index (χ0n) is 12.0. The fraction of sp³-hybridized carbons (Fsp3) is 0.231. The van der Waals surface area contributed by atoms with Gasteiger partial charge in [0.25, 0.3) is 0 Å². The summed E-state index contributed by atoms with van der Waals surface area (Å²) in [5.74, 6) is -0.369. The fourth-order valence-electron chi connectivity index (χ4n) is 1.96. The van der Waals surface area contributed by atoms with Crippen LogP contribution in [0.15, 0.2) is 37.2 Å². The molecule has 0 aliphatic carbocycles. The maximum Gasteiger partial charge on any atom is 0.446 e. The molecule has 2 heterocycles. The standard InChI is InChI=1S/C13H12FN5O3S/c1-7-6-8(2-3-9(7)14)19-11(17-21-13(19)20)10-12(18-22-16-10)23-5-4-15/h2-3,6H,4-5,15H2,1H3. The minimum absolute atomic E-state index is 0.127. The second-order valence-corrected chi connectivity index (χ2v) is 5.68. The topological polar surface area (TPSA) is 113 Å². The number of nitrogens with zero attached hydrogens (tertiary/aromatic N) is 4. The van der Waals surface area contributed by atoms with Gasteiger partial charge in [-0.25, -0.2) is 18.4 Å². The van der Waals surface area contributed by atoms with Crippen molar-refractivity contribution in [2.75, 3.05) is 12.3 Å². The molecule has 0 saturated carbocycles. The molecule has 0 aliphatic heterocycles. The summed E-state index contributed by atoms with van der Waals surface area (Å²) in [5.41, 5.74) is 6.52. The van der Waals surface area contributed by atoms with Crippen molar-refractivity contribution < 1.29 is 13.5 Å². The normalized spacial score (nSPS) is 11.1.